The van der Waals surface area contributed by atoms with E-state index in [-0.39, 0.29) is 18.2 Å². The fourth-order valence-corrected chi connectivity index (χ4v) is 3.06. The van der Waals surface area contributed by atoms with E-state index in [1.807, 2.05) is 0 Å². The monoisotopic (exact) mass is 284 g/mol. The molecule has 0 aliphatic heterocycles. The van der Waals surface area contributed by atoms with Gasteiger partial charge in [0, 0.05) is 5.92 Å². The van der Waals surface area contributed by atoms with Gasteiger partial charge >= 0.3 is 5.97 Å². The van der Waals surface area contributed by atoms with Gasteiger partial charge in [0.25, 0.3) is 0 Å². The van der Waals surface area contributed by atoms with E-state index in [0.717, 1.165) is 12.8 Å². The number of carbonyl (C=O) groups is 1. The van der Waals surface area contributed by atoms with Crippen LogP contribution in [0.1, 0.15) is 30.7 Å². The molecule has 1 saturated carbocycles. The molecule has 1 unspecified atom stereocenters. The molecule has 2 rings (SSSR count). The molecule has 3 nitrogen and oxygen atoms in total. The molecule has 0 amide bonds. The minimum atomic E-state index is -0.877. The summed E-state index contributed by atoms with van der Waals surface area (Å²) < 4.78 is 19.6. The van der Waals surface area contributed by atoms with Crippen molar-refractivity contribution in [3.8, 4) is 5.75 Å². The van der Waals surface area contributed by atoms with Crippen molar-refractivity contribution in [3.05, 3.63) is 23.5 Å². The molecule has 0 radical (unpaired) electrons. The van der Waals surface area contributed by atoms with Crippen LogP contribution in [0, 0.1) is 11.7 Å². The van der Waals surface area contributed by atoms with Gasteiger partial charge in [-0.05, 0) is 36.6 Å². The van der Waals surface area contributed by atoms with Crippen molar-refractivity contribution in [2.45, 2.75) is 30.1 Å². The summed E-state index contributed by atoms with van der Waals surface area (Å²) in [5.74, 6) is -0.635. The first-order valence-electron chi connectivity index (χ1n) is 6.20. The Bertz CT molecular complexity index is 486. The zero-order chi connectivity index (χ0) is 14.0. The molecule has 1 aliphatic rings. The predicted molar refractivity (Wildman–Crippen MR) is 72.5 cm³/mol. The fraction of sp³-hybridized carbons (Fsp3) is 0.500. The highest BCUT2D eigenvalue weighted by molar-refractivity contribution is 7.98. The van der Waals surface area contributed by atoms with E-state index in [0.29, 0.717) is 22.1 Å². The molecule has 1 aromatic rings. The van der Waals surface area contributed by atoms with E-state index in [1.165, 1.54) is 18.9 Å². The summed E-state index contributed by atoms with van der Waals surface area (Å²) in [6.07, 6.45) is 3.74. The second-order valence-electron chi connectivity index (χ2n) is 4.75. The largest absolute Gasteiger partial charge is 0.495 e. The standard InChI is InChI=1S/C14H17FO3S/c1-18-11-6-5-9(13(15)14(11)19-2)10(7-12(16)17)8-3-4-8/h5-6,8,10H,3-4,7H2,1-2H3,(H,16,17). The minimum absolute atomic E-state index is 0.0122. The molecule has 1 fully saturated rings. The molecule has 1 aliphatic carbocycles. The van der Waals surface area contributed by atoms with Crippen LogP contribution in [0.25, 0.3) is 0 Å². The number of benzene rings is 1. The molecular weight excluding hydrogens is 267 g/mol. The summed E-state index contributed by atoms with van der Waals surface area (Å²) in [4.78, 5) is 11.4. The number of aliphatic carboxylic acids is 1. The number of halogens is 1. The summed E-state index contributed by atoms with van der Waals surface area (Å²) in [7, 11) is 1.50. The van der Waals surface area contributed by atoms with Crippen molar-refractivity contribution in [2.24, 2.45) is 5.92 Å². The third-order valence-electron chi connectivity index (χ3n) is 3.50. The Balaban J connectivity index is 2.39. The first-order chi connectivity index (χ1) is 9.08. The molecule has 0 spiro atoms. The molecule has 0 heterocycles. The van der Waals surface area contributed by atoms with Crippen molar-refractivity contribution in [1.82, 2.24) is 0 Å². The van der Waals surface area contributed by atoms with Gasteiger partial charge in [-0.3, -0.25) is 4.79 Å². The van der Waals surface area contributed by atoms with E-state index in [2.05, 4.69) is 0 Å². The van der Waals surface area contributed by atoms with Crippen molar-refractivity contribution >= 4 is 17.7 Å². The maximum atomic E-state index is 14.5. The lowest BCUT2D eigenvalue weighted by Gasteiger charge is -2.18. The van der Waals surface area contributed by atoms with Crippen LogP contribution in [0.15, 0.2) is 17.0 Å². The van der Waals surface area contributed by atoms with Gasteiger partial charge in [-0.15, -0.1) is 11.8 Å². The normalized spacial score (nSPS) is 16.2. The summed E-state index contributed by atoms with van der Waals surface area (Å²) in [5, 5.41) is 8.99. The smallest absolute Gasteiger partial charge is 0.303 e. The summed E-state index contributed by atoms with van der Waals surface area (Å²) in [5.41, 5.74) is 0.509. The first kappa shape index (κ1) is 14.2. The second-order valence-corrected chi connectivity index (χ2v) is 5.56. The Hall–Kier alpha value is -1.23. The molecule has 0 bridgehead atoms. The Morgan fingerprint density at radius 3 is 2.74 bits per heavy atom. The zero-order valence-corrected chi connectivity index (χ0v) is 11.8. The van der Waals surface area contributed by atoms with Crippen LogP contribution in [0.4, 0.5) is 4.39 Å². The zero-order valence-electron chi connectivity index (χ0n) is 11.0. The lowest BCUT2D eigenvalue weighted by Crippen LogP contribution is -2.11. The van der Waals surface area contributed by atoms with Gasteiger partial charge in [-0.2, -0.15) is 0 Å². The van der Waals surface area contributed by atoms with Crippen molar-refractivity contribution < 1.29 is 19.0 Å². The van der Waals surface area contributed by atoms with Crippen LogP contribution in [-0.4, -0.2) is 24.4 Å². The third-order valence-corrected chi connectivity index (χ3v) is 4.29. The fourth-order valence-electron chi connectivity index (χ4n) is 2.41. The lowest BCUT2D eigenvalue weighted by atomic mass is 9.90. The minimum Gasteiger partial charge on any atom is -0.495 e. The summed E-state index contributed by atoms with van der Waals surface area (Å²) >= 11 is 1.28. The van der Waals surface area contributed by atoms with E-state index in [9.17, 15) is 9.18 Å². The van der Waals surface area contributed by atoms with E-state index < -0.39 is 5.97 Å². The molecule has 0 aromatic heterocycles. The Kier molecular flexibility index (Phi) is 4.34. The highest BCUT2D eigenvalue weighted by Gasteiger charge is 2.36. The highest BCUT2D eigenvalue weighted by Crippen LogP contribution is 2.47. The molecule has 1 atom stereocenters. The molecule has 5 heteroatoms. The van der Waals surface area contributed by atoms with Crippen LogP contribution < -0.4 is 4.74 Å². The Labute approximate surface area is 116 Å². The van der Waals surface area contributed by atoms with Crippen molar-refractivity contribution in [2.75, 3.05) is 13.4 Å². The first-order valence-corrected chi connectivity index (χ1v) is 7.43. The molecule has 19 heavy (non-hydrogen) atoms. The van der Waals surface area contributed by atoms with E-state index >= 15 is 0 Å². The number of thioether (sulfide) groups is 1. The molecule has 1 aromatic carbocycles. The van der Waals surface area contributed by atoms with Crippen LogP contribution in [0.2, 0.25) is 0 Å². The number of ether oxygens (including phenoxy) is 1. The molecule has 0 saturated heterocycles. The van der Waals surface area contributed by atoms with Gasteiger partial charge in [0.1, 0.15) is 11.6 Å². The average molecular weight is 284 g/mol. The quantitative estimate of drug-likeness (QED) is 0.812. The lowest BCUT2D eigenvalue weighted by molar-refractivity contribution is -0.137. The molecular formula is C14H17FO3S. The van der Waals surface area contributed by atoms with Gasteiger partial charge in [0.15, 0.2) is 0 Å². The number of methoxy groups -OCH3 is 1. The summed E-state index contributed by atoms with van der Waals surface area (Å²) in [6, 6.07) is 3.39. The van der Waals surface area contributed by atoms with E-state index in [1.54, 1.807) is 18.4 Å². The van der Waals surface area contributed by atoms with Crippen LogP contribution >= 0.6 is 11.8 Å². The SMILES string of the molecule is COc1ccc(C(CC(=O)O)C2CC2)c(F)c1SC. The van der Waals surface area contributed by atoms with Crippen LogP contribution in [-0.2, 0) is 4.79 Å². The molecule has 104 valence electrons. The second kappa shape index (κ2) is 5.82. The van der Waals surface area contributed by atoms with Gasteiger partial charge in [0.05, 0.1) is 18.4 Å². The van der Waals surface area contributed by atoms with Crippen LogP contribution in [0.3, 0.4) is 0 Å². The van der Waals surface area contributed by atoms with Gasteiger partial charge in [-0.25, -0.2) is 4.39 Å². The predicted octanol–water partition coefficient (Wildman–Crippen LogP) is 3.52. The maximum absolute atomic E-state index is 14.5. The third kappa shape index (κ3) is 3.03. The van der Waals surface area contributed by atoms with Crippen LogP contribution in [0.5, 0.6) is 5.75 Å². The Morgan fingerprint density at radius 1 is 1.58 bits per heavy atom. The Morgan fingerprint density at radius 2 is 2.26 bits per heavy atom. The number of carboxylic acids is 1. The van der Waals surface area contributed by atoms with E-state index in [4.69, 9.17) is 9.84 Å². The van der Waals surface area contributed by atoms with Gasteiger partial charge < -0.3 is 9.84 Å². The summed E-state index contributed by atoms with van der Waals surface area (Å²) in [6.45, 7) is 0. The highest BCUT2D eigenvalue weighted by atomic mass is 32.2. The topological polar surface area (TPSA) is 46.5 Å². The number of hydrogen-bond acceptors (Lipinski definition) is 3. The van der Waals surface area contributed by atoms with Gasteiger partial charge in [0.2, 0.25) is 0 Å². The number of carboxylic acid groups (broad SMARTS) is 1. The van der Waals surface area contributed by atoms with Crippen molar-refractivity contribution in [3.63, 3.8) is 0 Å². The van der Waals surface area contributed by atoms with Crippen molar-refractivity contribution in [1.29, 1.82) is 0 Å². The average Bonchev–Trinajstić information content (AvgIpc) is 3.19. The molecule has 1 N–H and O–H groups in total. The number of hydrogen-bond donors (Lipinski definition) is 1. The number of rotatable bonds is 6. The van der Waals surface area contributed by atoms with Gasteiger partial charge in [-0.1, -0.05) is 6.07 Å². The maximum Gasteiger partial charge on any atom is 0.303 e.